The summed E-state index contributed by atoms with van der Waals surface area (Å²) in [5, 5.41) is 7.00. The molecule has 0 bridgehead atoms. The van der Waals surface area contributed by atoms with Crippen LogP contribution in [0.1, 0.15) is 11.1 Å². The van der Waals surface area contributed by atoms with Crippen molar-refractivity contribution in [3.8, 4) is 22.3 Å². The minimum absolute atomic E-state index is 0. The molecule has 36 heavy (non-hydrogen) atoms. The molecule has 0 atom stereocenters. The fraction of sp³-hybridized carbons (Fsp3) is 0.0625. The second-order valence-corrected chi connectivity index (χ2v) is 7.10. The molecule has 0 aliphatic heterocycles. The molecule has 5 aromatic rings. The van der Waals surface area contributed by atoms with Gasteiger partial charge in [-0.25, -0.2) is 0 Å². The Morgan fingerprint density at radius 2 is 1.03 bits per heavy atom. The number of hydrogen-bond donors (Lipinski definition) is 1. The molecule has 0 aromatic heterocycles. The molecule has 0 fully saturated rings. The van der Waals surface area contributed by atoms with E-state index in [-0.39, 0.29) is 46.5 Å². The van der Waals surface area contributed by atoms with Crippen molar-refractivity contribution in [3.63, 3.8) is 0 Å². The summed E-state index contributed by atoms with van der Waals surface area (Å²) in [5.41, 5.74) is 8.13. The summed E-state index contributed by atoms with van der Waals surface area (Å²) >= 11 is 0. The van der Waals surface area contributed by atoms with Gasteiger partial charge in [0.25, 0.3) is 0 Å². The van der Waals surface area contributed by atoms with Crippen LogP contribution in [0.4, 0.5) is 0 Å². The summed E-state index contributed by atoms with van der Waals surface area (Å²) in [6.45, 7) is 0. The van der Waals surface area contributed by atoms with Crippen molar-refractivity contribution in [2.45, 2.75) is 6.42 Å². The van der Waals surface area contributed by atoms with Crippen LogP contribution < -0.4 is 24.8 Å². The van der Waals surface area contributed by atoms with Crippen LogP contribution in [0.2, 0.25) is 0 Å². The van der Waals surface area contributed by atoms with E-state index >= 15 is 0 Å². The zero-order chi connectivity index (χ0) is 23.1. The van der Waals surface area contributed by atoms with Gasteiger partial charge >= 0.3 is 21.7 Å². The van der Waals surface area contributed by atoms with Crippen molar-refractivity contribution in [1.29, 1.82) is 0 Å². The molecule has 1 N–H and O–H groups in total. The van der Waals surface area contributed by atoms with E-state index in [1.54, 1.807) is 0 Å². The first kappa shape index (κ1) is 33.4. The quantitative estimate of drug-likeness (QED) is 0.244. The zero-order valence-electron chi connectivity index (χ0n) is 20.0. The van der Waals surface area contributed by atoms with Gasteiger partial charge in [-0.3, -0.25) is 0 Å². The summed E-state index contributed by atoms with van der Waals surface area (Å²) < 4.78 is 0. The first-order valence-corrected chi connectivity index (χ1v) is 10.9. The van der Waals surface area contributed by atoms with Gasteiger partial charge in [0.1, 0.15) is 0 Å². The predicted octanol–water partition coefficient (Wildman–Crippen LogP) is 1.31. The maximum Gasteiger partial charge on any atom is 2.00 e. The molecule has 0 unspecified atom stereocenters. The van der Waals surface area contributed by atoms with E-state index in [1.807, 2.05) is 72.8 Å². The minimum atomic E-state index is 0. The normalized spacial score (nSPS) is 9.17. The van der Waals surface area contributed by atoms with E-state index in [0.717, 1.165) is 13.5 Å². The number of halogens is 2. The maximum absolute atomic E-state index is 7.00. The second kappa shape index (κ2) is 19.5. The monoisotopic (exact) mass is 545 g/mol. The van der Waals surface area contributed by atoms with E-state index in [4.69, 9.17) is 5.11 Å². The van der Waals surface area contributed by atoms with E-state index in [9.17, 15) is 0 Å². The molecule has 182 valence electrons. The molecular formula is C32H27Cl2OTi-3. The molecule has 0 amide bonds. The van der Waals surface area contributed by atoms with Gasteiger partial charge in [-0.05, 0) is 23.1 Å². The molecule has 0 heterocycles. The molecule has 0 saturated heterocycles. The first-order chi connectivity index (χ1) is 16.4. The maximum atomic E-state index is 7.00. The Bertz CT molecular complexity index is 1120. The molecule has 1 aliphatic carbocycles. The van der Waals surface area contributed by atoms with Gasteiger partial charge in [0.05, 0.1) is 0 Å². The third-order valence-electron chi connectivity index (χ3n) is 5.06. The molecule has 4 heteroatoms. The third kappa shape index (κ3) is 9.78. The minimum Gasteiger partial charge on any atom is -1.00 e. The van der Waals surface area contributed by atoms with Crippen molar-refractivity contribution in [2.24, 2.45) is 0 Å². The fourth-order valence-electron chi connectivity index (χ4n) is 3.65. The van der Waals surface area contributed by atoms with E-state index in [2.05, 4.69) is 72.8 Å². The summed E-state index contributed by atoms with van der Waals surface area (Å²) in [7, 11) is 1.00. The van der Waals surface area contributed by atoms with Crippen LogP contribution >= 0.6 is 0 Å². The Hall–Kier alpha value is -2.65. The van der Waals surface area contributed by atoms with Crippen LogP contribution in [0.25, 0.3) is 22.3 Å². The Balaban J connectivity index is 0.000000603. The molecule has 1 aliphatic rings. The van der Waals surface area contributed by atoms with Gasteiger partial charge in [-0.15, -0.1) is 35.9 Å². The third-order valence-corrected chi connectivity index (χ3v) is 5.06. The zero-order valence-corrected chi connectivity index (χ0v) is 23.1. The van der Waals surface area contributed by atoms with E-state index < -0.39 is 0 Å². The smallest absolute Gasteiger partial charge is 1.00 e. The van der Waals surface area contributed by atoms with Crippen LogP contribution in [0.5, 0.6) is 0 Å². The number of rotatable bonds is 1. The molecular weight excluding hydrogens is 519 g/mol. The van der Waals surface area contributed by atoms with Crippen LogP contribution in [-0.4, -0.2) is 12.2 Å². The average molecular weight is 546 g/mol. The van der Waals surface area contributed by atoms with Crippen molar-refractivity contribution < 1.29 is 51.6 Å². The molecule has 0 spiro atoms. The van der Waals surface area contributed by atoms with Gasteiger partial charge in [0, 0.05) is 7.11 Å². The van der Waals surface area contributed by atoms with Gasteiger partial charge < -0.3 is 29.9 Å². The van der Waals surface area contributed by atoms with Gasteiger partial charge in [0.2, 0.25) is 0 Å². The van der Waals surface area contributed by atoms with Crippen molar-refractivity contribution in [1.82, 2.24) is 0 Å². The SMILES string of the molecule is CO.[Cl-].[Cl-].[Ti+2].[c-]1ccccc1.[c-]1ccccc1.[c-]1ccccc1-c1cccc2c1Cc1ccccc1-2. The van der Waals surface area contributed by atoms with Gasteiger partial charge in [-0.1, -0.05) is 53.6 Å². The van der Waals surface area contributed by atoms with E-state index in [1.165, 1.54) is 33.4 Å². The van der Waals surface area contributed by atoms with Crippen LogP contribution in [0, 0.1) is 18.2 Å². The fourth-order valence-corrected chi connectivity index (χ4v) is 3.65. The molecule has 5 aromatic carbocycles. The topological polar surface area (TPSA) is 20.2 Å². The largest absolute Gasteiger partial charge is 2.00 e. The summed E-state index contributed by atoms with van der Waals surface area (Å²) in [5.74, 6) is 0. The Kier molecular flexibility index (Phi) is 18.1. The van der Waals surface area contributed by atoms with Crippen molar-refractivity contribution >= 4 is 0 Å². The molecule has 6 rings (SSSR count). The number of fused-ring (bicyclic) bond motifs is 3. The summed E-state index contributed by atoms with van der Waals surface area (Å²) in [4.78, 5) is 0. The summed E-state index contributed by atoms with van der Waals surface area (Å²) in [6.07, 6.45) is 1.03. The Morgan fingerprint density at radius 1 is 0.528 bits per heavy atom. The van der Waals surface area contributed by atoms with Gasteiger partial charge in [-0.2, -0.15) is 72.8 Å². The van der Waals surface area contributed by atoms with Crippen molar-refractivity contribution in [2.75, 3.05) is 7.11 Å². The van der Waals surface area contributed by atoms with Crippen LogP contribution in [0.15, 0.2) is 127 Å². The summed E-state index contributed by atoms with van der Waals surface area (Å²) in [6, 6.07) is 51.8. The number of hydrogen-bond acceptors (Lipinski definition) is 1. The first-order valence-electron chi connectivity index (χ1n) is 10.9. The van der Waals surface area contributed by atoms with Crippen LogP contribution in [-0.2, 0) is 28.1 Å². The number of aliphatic hydroxyl groups is 1. The standard InChI is InChI=1S/C19H13.2C6H5.CH4O.2ClH.Ti/c1-2-7-14(8-3-1)16-11-6-12-18-17-10-5-4-9-15(17)13-19(16)18;2*1-2-4-6-5-3-1;1-2;;;/h1-7,9-12H,13H2;2*1-5H;2H,1H3;2*1H;/q3*-1;;;;+2/p-2. The second-order valence-electron chi connectivity index (χ2n) is 7.10. The Labute approximate surface area is 243 Å². The predicted molar refractivity (Wildman–Crippen MR) is 138 cm³/mol. The van der Waals surface area contributed by atoms with Crippen molar-refractivity contribution in [3.05, 3.63) is 157 Å². The molecule has 0 radical (unpaired) electrons. The van der Waals surface area contributed by atoms with E-state index in [0.29, 0.717) is 0 Å². The average Bonchev–Trinajstić information content (AvgIpc) is 3.32. The van der Waals surface area contributed by atoms with Gasteiger partial charge in [0.15, 0.2) is 0 Å². The molecule has 1 nitrogen and oxygen atoms in total. The number of aliphatic hydroxyl groups excluding tert-OH is 1. The molecule has 0 saturated carbocycles. The Morgan fingerprint density at radius 3 is 1.53 bits per heavy atom. The van der Waals surface area contributed by atoms with Crippen LogP contribution in [0.3, 0.4) is 0 Å². The number of benzene rings is 5.